The van der Waals surface area contributed by atoms with Gasteiger partial charge in [-0.25, -0.2) is 0 Å². The van der Waals surface area contributed by atoms with Gasteiger partial charge in [0.25, 0.3) is 10.1 Å². The number of carbonyl (C=O) groups is 1. The first-order valence-electron chi connectivity index (χ1n) is 8.24. The summed E-state index contributed by atoms with van der Waals surface area (Å²) in [6.07, 6.45) is 6.79. The van der Waals surface area contributed by atoms with E-state index in [1.165, 1.54) is 19.3 Å². The van der Waals surface area contributed by atoms with Gasteiger partial charge in [0.1, 0.15) is 12.7 Å². The standard InChI is InChI=1S/C15H30O7S/c1-2-3-4-5-6-7-8-9-10-14(23(19,20)21)15(18)22-12-13(17)11-16/h13-14,16-17H,2-12H2,1H3,(H,19,20,21). The number of hydrogen-bond acceptors (Lipinski definition) is 6. The van der Waals surface area contributed by atoms with Gasteiger partial charge in [0.2, 0.25) is 0 Å². The molecule has 2 unspecified atom stereocenters. The van der Waals surface area contributed by atoms with Gasteiger partial charge in [-0.15, -0.1) is 0 Å². The number of aliphatic hydroxyl groups excluding tert-OH is 2. The number of esters is 1. The lowest BCUT2D eigenvalue weighted by Gasteiger charge is -2.14. The minimum Gasteiger partial charge on any atom is -0.462 e. The number of unbranched alkanes of at least 4 members (excludes halogenated alkanes) is 7. The normalized spacial score (nSPS) is 14.4. The molecule has 0 heterocycles. The fourth-order valence-electron chi connectivity index (χ4n) is 2.18. The van der Waals surface area contributed by atoms with E-state index in [2.05, 4.69) is 11.7 Å². The summed E-state index contributed by atoms with van der Waals surface area (Å²) in [5.41, 5.74) is 0. The predicted molar refractivity (Wildman–Crippen MR) is 86.6 cm³/mol. The minimum absolute atomic E-state index is 0.0121. The Hall–Kier alpha value is -0.700. The van der Waals surface area contributed by atoms with Crippen molar-refractivity contribution in [2.75, 3.05) is 13.2 Å². The SMILES string of the molecule is CCCCCCCCCCC(C(=O)OCC(O)CO)S(=O)(=O)O. The van der Waals surface area contributed by atoms with E-state index >= 15 is 0 Å². The first-order chi connectivity index (χ1) is 10.8. The van der Waals surface area contributed by atoms with Crippen LogP contribution in [0.15, 0.2) is 0 Å². The van der Waals surface area contributed by atoms with Crippen molar-refractivity contribution in [3.8, 4) is 0 Å². The summed E-state index contributed by atoms with van der Waals surface area (Å²) in [5.74, 6) is -1.09. The van der Waals surface area contributed by atoms with E-state index in [1.807, 2.05) is 0 Å². The Bertz CT molecular complexity index is 408. The van der Waals surface area contributed by atoms with Gasteiger partial charge in [-0.05, 0) is 6.42 Å². The molecule has 0 spiro atoms. The van der Waals surface area contributed by atoms with Crippen LogP contribution in [-0.4, -0.2) is 53.7 Å². The molecule has 7 nitrogen and oxygen atoms in total. The summed E-state index contributed by atoms with van der Waals surface area (Å²) in [6.45, 7) is 1.05. The van der Waals surface area contributed by atoms with E-state index in [-0.39, 0.29) is 6.42 Å². The maximum atomic E-state index is 11.7. The first kappa shape index (κ1) is 22.3. The number of aliphatic hydroxyl groups is 2. The van der Waals surface area contributed by atoms with Crippen LogP contribution in [0.2, 0.25) is 0 Å². The zero-order valence-corrected chi connectivity index (χ0v) is 14.6. The quantitative estimate of drug-likeness (QED) is 0.246. The van der Waals surface area contributed by atoms with Crippen molar-refractivity contribution in [3.05, 3.63) is 0 Å². The lowest BCUT2D eigenvalue weighted by Crippen LogP contribution is -2.34. The molecule has 0 radical (unpaired) electrons. The number of ether oxygens (including phenoxy) is 1. The highest BCUT2D eigenvalue weighted by molar-refractivity contribution is 7.87. The van der Waals surface area contributed by atoms with Crippen molar-refractivity contribution in [3.63, 3.8) is 0 Å². The van der Waals surface area contributed by atoms with Crippen LogP contribution in [0.25, 0.3) is 0 Å². The Balaban J connectivity index is 4.10. The Morgan fingerprint density at radius 2 is 1.57 bits per heavy atom. The van der Waals surface area contributed by atoms with Crippen LogP contribution in [0.5, 0.6) is 0 Å². The van der Waals surface area contributed by atoms with E-state index < -0.39 is 40.7 Å². The van der Waals surface area contributed by atoms with Crippen molar-refractivity contribution in [2.45, 2.75) is 76.1 Å². The van der Waals surface area contributed by atoms with Gasteiger partial charge in [0.05, 0.1) is 6.61 Å². The van der Waals surface area contributed by atoms with Gasteiger partial charge in [0, 0.05) is 0 Å². The van der Waals surface area contributed by atoms with E-state index in [0.717, 1.165) is 25.7 Å². The monoisotopic (exact) mass is 354 g/mol. The Labute approximate surface area is 138 Å². The van der Waals surface area contributed by atoms with Crippen LogP contribution < -0.4 is 0 Å². The molecular formula is C15H30O7S. The first-order valence-corrected chi connectivity index (χ1v) is 9.75. The van der Waals surface area contributed by atoms with Crippen molar-refractivity contribution in [1.29, 1.82) is 0 Å². The van der Waals surface area contributed by atoms with Crippen molar-refractivity contribution in [2.24, 2.45) is 0 Å². The van der Waals surface area contributed by atoms with Gasteiger partial charge >= 0.3 is 5.97 Å². The van der Waals surface area contributed by atoms with Crippen molar-refractivity contribution >= 4 is 16.1 Å². The fourth-order valence-corrected chi connectivity index (χ4v) is 2.95. The molecule has 0 fully saturated rings. The van der Waals surface area contributed by atoms with Crippen LogP contribution >= 0.6 is 0 Å². The molecule has 8 heteroatoms. The average Bonchev–Trinajstić information content (AvgIpc) is 2.49. The lowest BCUT2D eigenvalue weighted by atomic mass is 10.1. The zero-order chi connectivity index (χ0) is 17.7. The second-order valence-electron chi connectivity index (χ2n) is 5.73. The topological polar surface area (TPSA) is 121 Å². The molecule has 0 aromatic carbocycles. The van der Waals surface area contributed by atoms with Crippen LogP contribution in [-0.2, 0) is 19.6 Å². The lowest BCUT2D eigenvalue weighted by molar-refractivity contribution is -0.147. The summed E-state index contributed by atoms with van der Waals surface area (Å²) in [7, 11) is -4.54. The molecule has 0 aliphatic carbocycles. The molecule has 0 aromatic heterocycles. The van der Waals surface area contributed by atoms with E-state index in [4.69, 9.17) is 14.8 Å². The molecule has 0 aliphatic heterocycles. The number of hydrogen-bond donors (Lipinski definition) is 3. The summed E-state index contributed by atoms with van der Waals surface area (Å²) < 4.78 is 36.3. The smallest absolute Gasteiger partial charge is 0.326 e. The van der Waals surface area contributed by atoms with E-state index in [0.29, 0.717) is 6.42 Å². The Kier molecular flexibility index (Phi) is 12.3. The number of rotatable bonds is 14. The highest BCUT2D eigenvalue weighted by Gasteiger charge is 2.32. The molecule has 0 aromatic rings. The van der Waals surface area contributed by atoms with Gasteiger partial charge in [-0.1, -0.05) is 58.3 Å². The van der Waals surface area contributed by atoms with Gasteiger partial charge in [-0.3, -0.25) is 9.35 Å². The Morgan fingerprint density at radius 3 is 2.04 bits per heavy atom. The second-order valence-corrected chi connectivity index (χ2v) is 7.33. The minimum atomic E-state index is -4.54. The van der Waals surface area contributed by atoms with Crippen molar-refractivity contribution < 1.29 is 32.7 Å². The average molecular weight is 354 g/mol. The maximum Gasteiger partial charge on any atom is 0.326 e. The molecule has 2 atom stereocenters. The third kappa shape index (κ3) is 11.5. The fraction of sp³-hybridized carbons (Fsp3) is 0.933. The molecule has 0 rings (SSSR count). The van der Waals surface area contributed by atoms with Gasteiger partial charge in [-0.2, -0.15) is 8.42 Å². The van der Waals surface area contributed by atoms with Crippen LogP contribution in [0.4, 0.5) is 0 Å². The molecule has 23 heavy (non-hydrogen) atoms. The molecule has 138 valence electrons. The Morgan fingerprint density at radius 1 is 1.04 bits per heavy atom. The zero-order valence-electron chi connectivity index (χ0n) is 13.8. The highest BCUT2D eigenvalue weighted by atomic mass is 32.2. The highest BCUT2D eigenvalue weighted by Crippen LogP contribution is 2.15. The van der Waals surface area contributed by atoms with Crippen LogP contribution in [0.1, 0.15) is 64.7 Å². The molecule has 3 N–H and O–H groups in total. The molecule has 0 aliphatic rings. The van der Waals surface area contributed by atoms with Crippen LogP contribution in [0, 0.1) is 0 Å². The maximum absolute atomic E-state index is 11.7. The van der Waals surface area contributed by atoms with E-state index in [9.17, 15) is 13.2 Å². The third-order valence-electron chi connectivity index (χ3n) is 3.57. The summed E-state index contributed by atoms with van der Waals surface area (Å²) in [4.78, 5) is 11.7. The molecular weight excluding hydrogens is 324 g/mol. The third-order valence-corrected chi connectivity index (χ3v) is 4.72. The van der Waals surface area contributed by atoms with Gasteiger partial charge < -0.3 is 14.9 Å². The summed E-state index contributed by atoms with van der Waals surface area (Å²) in [6, 6.07) is 0. The van der Waals surface area contributed by atoms with Gasteiger partial charge in [0.15, 0.2) is 5.25 Å². The second kappa shape index (κ2) is 12.7. The number of carbonyl (C=O) groups excluding carboxylic acids is 1. The van der Waals surface area contributed by atoms with E-state index in [1.54, 1.807) is 0 Å². The molecule has 0 bridgehead atoms. The van der Waals surface area contributed by atoms with Crippen LogP contribution in [0.3, 0.4) is 0 Å². The predicted octanol–water partition coefficient (Wildman–Crippen LogP) is 1.67. The molecule has 0 saturated carbocycles. The largest absolute Gasteiger partial charge is 0.462 e. The molecule has 0 amide bonds. The van der Waals surface area contributed by atoms with Crippen molar-refractivity contribution in [1.82, 2.24) is 0 Å². The molecule has 0 saturated heterocycles. The summed E-state index contributed by atoms with van der Waals surface area (Å²) in [5, 5.41) is 16.1. The summed E-state index contributed by atoms with van der Waals surface area (Å²) >= 11 is 0.